The van der Waals surface area contributed by atoms with Crippen LogP contribution < -0.4 is 15.9 Å². The number of amides is 1. The number of nitrogens with one attached hydrogen (secondary N) is 1. The van der Waals surface area contributed by atoms with Crippen LogP contribution in [0.1, 0.15) is 64.4 Å². The molecule has 1 aliphatic rings. The highest BCUT2D eigenvalue weighted by atomic mass is 28.4. The van der Waals surface area contributed by atoms with Crippen LogP contribution in [0.4, 0.5) is 4.79 Å². The summed E-state index contributed by atoms with van der Waals surface area (Å²) < 4.78 is 23.6. The molecule has 3 atom stereocenters. The van der Waals surface area contributed by atoms with Crippen molar-refractivity contribution in [1.82, 2.24) is 15.0 Å². The molecular formula is C34H46N4O8Si. The van der Waals surface area contributed by atoms with Gasteiger partial charge < -0.3 is 24.0 Å². The standard InChI is InChI=1S/C34H46N4O8Si/c1-23(46-47(7,8)33(2,3)4)28-35-26-18-13-12-17-25(26)29(39)38(28)37-22-34(37,31(41)44-6)20-14-19-27(30(40)43-5)36-32(42)45-21-24-15-10-9-11-16-24/h9-13,15-18,23,27H,14,19-22H2,1-8H3,(H,36,42)/t23-,27-,34?,37?/m0/s1. The van der Waals surface area contributed by atoms with Crippen molar-refractivity contribution >= 4 is 37.3 Å². The number of alkyl carbamates (subject to hydrolysis) is 1. The maximum absolute atomic E-state index is 14.1. The average Bonchev–Trinajstić information content (AvgIpc) is 3.76. The minimum absolute atomic E-state index is 0.0371. The molecule has 2 heterocycles. The van der Waals surface area contributed by atoms with Crippen molar-refractivity contribution in [2.75, 3.05) is 25.8 Å². The molecule has 1 amide bonds. The first-order valence-electron chi connectivity index (χ1n) is 15.8. The van der Waals surface area contributed by atoms with Crippen molar-refractivity contribution in [3.05, 3.63) is 76.3 Å². The lowest BCUT2D eigenvalue weighted by atomic mass is 9.99. The van der Waals surface area contributed by atoms with Crippen molar-refractivity contribution in [3.63, 3.8) is 0 Å². The molecule has 0 radical (unpaired) electrons. The molecule has 0 aliphatic carbocycles. The van der Waals surface area contributed by atoms with Crippen molar-refractivity contribution in [2.24, 2.45) is 0 Å². The summed E-state index contributed by atoms with van der Waals surface area (Å²) in [5.41, 5.74) is -0.181. The zero-order chi connectivity index (χ0) is 34.6. The van der Waals surface area contributed by atoms with Crippen LogP contribution in [0.3, 0.4) is 0 Å². The fourth-order valence-corrected chi connectivity index (χ4v) is 6.69. The van der Waals surface area contributed by atoms with E-state index in [1.165, 1.54) is 18.9 Å². The van der Waals surface area contributed by atoms with Gasteiger partial charge in [-0.1, -0.05) is 63.2 Å². The smallest absolute Gasteiger partial charge is 0.408 e. The number of hydrogen-bond donors (Lipinski definition) is 1. The number of methoxy groups -OCH3 is 2. The van der Waals surface area contributed by atoms with Gasteiger partial charge in [-0.2, -0.15) is 0 Å². The molecule has 1 saturated heterocycles. The lowest BCUT2D eigenvalue weighted by Crippen LogP contribution is -2.45. The number of para-hydroxylation sites is 1. The molecule has 1 unspecified atom stereocenters. The number of carbonyl (C=O) groups excluding carboxylic acids is 3. The molecule has 0 spiro atoms. The highest BCUT2D eigenvalue weighted by molar-refractivity contribution is 6.74. The summed E-state index contributed by atoms with van der Waals surface area (Å²) >= 11 is 0. The van der Waals surface area contributed by atoms with Gasteiger partial charge in [-0.25, -0.2) is 24.0 Å². The maximum atomic E-state index is 14.1. The molecule has 3 aromatic rings. The van der Waals surface area contributed by atoms with Crippen LogP contribution in [0.25, 0.3) is 10.9 Å². The van der Waals surface area contributed by atoms with E-state index in [1.54, 1.807) is 23.2 Å². The van der Waals surface area contributed by atoms with Crippen LogP contribution >= 0.6 is 0 Å². The van der Waals surface area contributed by atoms with Gasteiger partial charge in [0.05, 0.1) is 31.7 Å². The predicted octanol–water partition coefficient (Wildman–Crippen LogP) is 4.98. The van der Waals surface area contributed by atoms with Crippen LogP contribution in [-0.2, 0) is 34.8 Å². The predicted molar refractivity (Wildman–Crippen MR) is 180 cm³/mol. The maximum Gasteiger partial charge on any atom is 0.408 e. The summed E-state index contributed by atoms with van der Waals surface area (Å²) in [6, 6.07) is 15.2. The Labute approximate surface area is 276 Å². The number of aromatic nitrogens is 2. The molecule has 1 aliphatic heterocycles. The Morgan fingerprint density at radius 3 is 2.32 bits per heavy atom. The van der Waals surface area contributed by atoms with Crippen LogP contribution in [0, 0.1) is 0 Å². The van der Waals surface area contributed by atoms with Crippen LogP contribution in [0.15, 0.2) is 59.4 Å². The molecule has 12 nitrogen and oxygen atoms in total. The molecular weight excluding hydrogens is 620 g/mol. The van der Waals surface area contributed by atoms with E-state index < -0.39 is 44.0 Å². The molecule has 47 heavy (non-hydrogen) atoms. The molecule has 0 saturated carbocycles. The first-order valence-corrected chi connectivity index (χ1v) is 18.7. The van der Waals surface area contributed by atoms with Gasteiger partial charge in [0.15, 0.2) is 19.7 Å². The third-order valence-electron chi connectivity index (χ3n) is 9.10. The van der Waals surface area contributed by atoms with E-state index in [2.05, 4.69) is 39.2 Å². The number of nitrogens with zero attached hydrogens (tertiary/aromatic N) is 3. The van der Waals surface area contributed by atoms with Crippen LogP contribution in [0.5, 0.6) is 0 Å². The molecule has 254 valence electrons. The van der Waals surface area contributed by atoms with Gasteiger partial charge >= 0.3 is 18.0 Å². The van der Waals surface area contributed by atoms with Crippen LogP contribution in [-0.4, -0.2) is 68.4 Å². The van der Waals surface area contributed by atoms with Crippen molar-refractivity contribution in [3.8, 4) is 0 Å². The van der Waals surface area contributed by atoms with E-state index in [4.69, 9.17) is 23.6 Å². The minimum Gasteiger partial charge on any atom is -0.467 e. The summed E-state index contributed by atoms with van der Waals surface area (Å²) in [4.78, 5) is 57.4. The van der Waals surface area contributed by atoms with E-state index in [9.17, 15) is 19.2 Å². The lowest BCUT2D eigenvalue weighted by Gasteiger charge is -2.38. The number of rotatable bonds is 13. The summed E-state index contributed by atoms with van der Waals surface area (Å²) in [6.45, 7) is 12.8. The van der Waals surface area contributed by atoms with Gasteiger partial charge in [-0.05, 0) is 62.0 Å². The van der Waals surface area contributed by atoms with Crippen LogP contribution in [0.2, 0.25) is 18.1 Å². The third kappa shape index (κ3) is 7.84. The second kappa shape index (κ2) is 14.3. The van der Waals surface area contributed by atoms with E-state index in [1.807, 2.05) is 43.3 Å². The molecule has 13 heteroatoms. The molecule has 1 fully saturated rings. The third-order valence-corrected chi connectivity index (χ3v) is 13.7. The van der Waals surface area contributed by atoms with E-state index >= 15 is 0 Å². The monoisotopic (exact) mass is 666 g/mol. The quantitative estimate of drug-likeness (QED) is 0.115. The van der Waals surface area contributed by atoms with E-state index in [0.29, 0.717) is 23.1 Å². The van der Waals surface area contributed by atoms with Crippen molar-refractivity contribution in [1.29, 1.82) is 0 Å². The Morgan fingerprint density at radius 2 is 1.68 bits per heavy atom. The molecule has 4 rings (SSSR count). The Balaban J connectivity index is 1.57. The summed E-state index contributed by atoms with van der Waals surface area (Å²) in [5.74, 6) is -0.777. The lowest BCUT2D eigenvalue weighted by molar-refractivity contribution is -0.143. The SMILES string of the molecule is COC(=O)[C@H](CCCC1(C(=O)OC)CN1n1c([C@H](C)O[Si](C)(C)C(C)(C)C)nc2ccccc2c1=O)NC(=O)OCc1ccccc1. The zero-order valence-electron chi connectivity index (χ0n) is 28.5. The number of esters is 2. The molecule has 1 aromatic heterocycles. The molecule has 1 N–H and O–H groups in total. The van der Waals surface area contributed by atoms with Gasteiger partial charge in [-0.15, -0.1) is 0 Å². The van der Waals surface area contributed by atoms with Crippen molar-refractivity contribution in [2.45, 2.75) is 89.4 Å². The second-order valence-electron chi connectivity index (χ2n) is 13.4. The Morgan fingerprint density at radius 1 is 1.02 bits per heavy atom. The first-order chi connectivity index (χ1) is 22.1. The molecule has 2 aromatic carbocycles. The van der Waals surface area contributed by atoms with Gasteiger partial charge in [-0.3, -0.25) is 9.80 Å². The number of fused-ring (bicyclic) bond motifs is 1. The molecule has 0 bridgehead atoms. The summed E-state index contributed by atoms with van der Waals surface area (Å²) in [6.07, 6.45) is -0.634. The Hall–Kier alpha value is -4.23. The van der Waals surface area contributed by atoms with E-state index in [-0.39, 0.29) is 36.6 Å². The zero-order valence-corrected chi connectivity index (χ0v) is 29.5. The highest BCUT2D eigenvalue weighted by Gasteiger charge is 2.61. The second-order valence-corrected chi connectivity index (χ2v) is 18.1. The van der Waals surface area contributed by atoms with Gasteiger partial charge in [0, 0.05) is 0 Å². The van der Waals surface area contributed by atoms with Crippen molar-refractivity contribution < 1.29 is 33.0 Å². The normalized spacial score (nSPS) is 17.5. The summed E-state index contributed by atoms with van der Waals surface area (Å²) in [7, 11) is 0.255. The highest BCUT2D eigenvalue weighted by Crippen LogP contribution is 2.41. The van der Waals surface area contributed by atoms with Gasteiger partial charge in [0.25, 0.3) is 5.56 Å². The number of benzene rings is 2. The van der Waals surface area contributed by atoms with Gasteiger partial charge in [0.2, 0.25) is 0 Å². The fraction of sp³-hybridized carbons (Fsp3) is 0.500. The Kier molecular flexibility index (Phi) is 10.8. The largest absolute Gasteiger partial charge is 0.467 e. The average molecular weight is 667 g/mol. The minimum atomic E-state index is -2.28. The Bertz CT molecular complexity index is 1660. The summed E-state index contributed by atoms with van der Waals surface area (Å²) in [5, 5.41) is 4.56. The number of carbonyl (C=O) groups is 3. The first kappa shape index (κ1) is 35.6. The fourth-order valence-electron chi connectivity index (χ4n) is 5.35. The number of hydrogen-bond acceptors (Lipinski definition) is 10. The number of ether oxygens (including phenoxy) is 3. The topological polar surface area (TPSA) is 138 Å². The van der Waals surface area contributed by atoms with Gasteiger partial charge in [0.1, 0.15) is 18.8 Å². The van der Waals surface area contributed by atoms with E-state index in [0.717, 1.165) is 5.56 Å².